The zero-order chi connectivity index (χ0) is 17.8. The molecule has 2 amide bonds. The highest BCUT2D eigenvalue weighted by Crippen LogP contribution is 2.31. The van der Waals surface area contributed by atoms with Crippen LogP contribution in [-0.4, -0.2) is 30.6 Å². The normalized spacial score (nSPS) is 15.6. The first-order valence-electron chi connectivity index (χ1n) is 8.14. The first kappa shape index (κ1) is 16.8. The monoisotopic (exact) mass is 340 g/mol. The fourth-order valence-electron chi connectivity index (χ4n) is 2.49. The lowest BCUT2D eigenvalue weighted by Crippen LogP contribution is -2.40. The molecule has 0 aliphatic carbocycles. The summed E-state index contributed by atoms with van der Waals surface area (Å²) >= 11 is 0. The Labute approximate surface area is 146 Å². The Kier molecular flexibility index (Phi) is 4.88. The summed E-state index contributed by atoms with van der Waals surface area (Å²) in [5, 5.41) is 5.58. The van der Waals surface area contributed by atoms with Crippen molar-refractivity contribution in [3.63, 3.8) is 0 Å². The Hall–Kier alpha value is -3.02. The van der Waals surface area contributed by atoms with Gasteiger partial charge in [0.2, 0.25) is 6.10 Å². The molecule has 2 aromatic carbocycles. The molecule has 0 radical (unpaired) electrons. The minimum Gasteiger partial charge on any atom is -0.485 e. The average molecular weight is 340 g/mol. The third-order valence-electron chi connectivity index (χ3n) is 3.65. The second-order valence-electron chi connectivity index (χ2n) is 6.03. The van der Waals surface area contributed by atoms with E-state index in [0.29, 0.717) is 22.7 Å². The molecule has 0 saturated heterocycles. The predicted molar refractivity (Wildman–Crippen MR) is 94.0 cm³/mol. The molecule has 0 fully saturated rings. The first-order valence-corrected chi connectivity index (χ1v) is 8.14. The molecular weight excluding hydrogens is 320 g/mol. The van der Waals surface area contributed by atoms with Gasteiger partial charge in [-0.3, -0.25) is 9.59 Å². The molecule has 0 unspecified atom stereocenters. The van der Waals surface area contributed by atoms with E-state index in [0.717, 1.165) is 0 Å². The molecule has 1 aliphatic rings. The number of nitrogens with one attached hydrogen (secondary N) is 2. The van der Waals surface area contributed by atoms with Crippen molar-refractivity contribution in [2.45, 2.75) is 26.0 Å². The number of carbonyl (C=O) groups excluding carboxylic acids is 2. The standard InChI is InChI=1S/C19H20N2O4/c1-12(2)20-18(22)13-7-3-4-8-14(13)21-19(23)17-11-24-15-9-5-6-10-16(15)25-17/h3-10,12,17H,11H2,1-2H3,(H,20,22)(H,21,23)/t17-/m1/s1. The van der Waals surface area contributed by atoms with Crippen LogP contribution in [0.5, 0.6) is 11.5 Å². The second-order valence-corrected chi connectivity index (χ2v) is 6.03. The summed E-state index contributed by atoms with van der Waals surface area (Å²) < 4.78 is 11.3. The summed E-state index contributed by atoms with van der Waals surface area (Å²) in [5.74, 6) is 0.541. The second kappa shape index (κ2) is 7.25. The van der Waals surface area contributed by atoms with E-state index in [4.69, 9.17) is 9.47 Å². The summed E-state index contributed by atoms with van der Waals surface area (Å²) in [6.07, 6.45) is -0.781. The third-order valence-corrected chi connectivity index (χ3v) is 3.65. The quantitative estimate of drug-likeness (QED) is 0.897. The van der Waals surface area contributed by atoms with Crippen LogP contribution in [0.25, 0.3) is 0 Å². The van der Waals surface area contributed by atoms with Crippen LogP contribution in [0.4, 0.5) is 5.69 Å². The molecule has 0 bridgehead atoms. The van der Waals surface area contributed by atoms with Crippen LogP contribution in [0.3, 0.4) is 0 Å². The van der Waals surface area contributed by atoms with Crippen LogP contribution in [-0.2, 0) is 4.79 Å². The minimum atomic E-state index is -0.781. The molecule has 1 atom stereocenters. The number of benzene rings is 2. The van der Waals surface area contributed by atoms with E-state index in [1.165, 1.54) is 0 Å². The van der Waals surface area contributed by atoms with Gasteiger partial charge in [0, 0.05) is 6.04 Å². The van der Waals surface area contributed by atoms with E-state index < -0.39 is 6.10 Å². The van der Waals surface area contributed by atoms with Gasteiger partial charge in [-0.25, -0.2) is 0 Å². The van der Waals surface area contributed by atoms with Gasteiger partial charge in [0.25, 0.3) is 11.8 Å². The summed E-state index contributed by atoms with van der Waals surface area (Å²) in [6, 6.07) is 14.1. The van der Waals surface area contributed by atoms with Crippen molar-refractivity contribution >= 4 is 17.5 Å². The molecule has 2 aromatic rings. The summed E-state index contributed by atoms with van der Waals surface area (Å²) in [5.41, 5.74) is 0.842. The van der Waals surface area contributed by atoms with Gasteiger partial charge in [0.1, 0.15) is 6.61 Å². The van der Waals surface area contributed by atoms with Gasteiger partial charge in [-0.2, -0.15) is 0 Å². The van der Waals surface area contributed by atoms with Crippen LogP contribution >= 0.6 is 0 Å². The Morgan fingerprint density at radius 3 is 2.48 bits per heavy atom. The molecule has 0 saturated carbocycles. The van der Waals surface area contributed by atoms with E-state index in [9.17, 15) is 9.59 Å². The van der Waals surface area contributed by atoms with Crippen LogP contribution in [0, 0.1) is 0 Å². The van der Waals surface area contributed by atoms with Gasteiger partial charge in [0.05, 0.1) is 11.3 Å². The maximum atomic E-state index is 12.5. The van der Waals surface area contributed by atoms with Gasteiger partial charge in [-0.15, -0.1) is 0 Å². The van der Waals surface area contributed by atoms with Crippen molar-refractivity contribution in [3.05, 3.63) is 54.1 Å². The number of hydrogen-bond donors (Lipinski definition) is 2. The number of amides is 2. The molecule has 1 heterocycles. The van der Waals surface area contributed by atoms with Crippen molar-refractivity contribution in [2.75, 3.05) is 11.9 Å². The number of hydrogen-bond acceptors (Lipinski definition) is 4. The molecule has 6 nitrogen and oxygen atoms in total. The summed E-state index contributed by atoms with van der Waals surface area (Å²) in [4.78, 5) is 24.8. The smallest absolute Gasteiger partial charge is 0.269 e. The van der Waals surface area contributed by atoms with Crippen LogP contribution in [0.15, 0.2) is 48.5 Å². The largest absolute Gasteiger partial charge is 0.485 e. The highest BCUT2D eigenvalue weighted by atomic mass is 16.6. The topological polar surface area (TPSA) is 76.7 Å². The van der Waals surface area contributed by atoms with Crippen molar-refractivity contribution in [2.24, 2.45) is 0 Å². The molecule has 0 aromatic heterocycles. The minimum absolute atomic E-state index is 0.00263. The molecule has 3 rings (SSSR count). The first-order chi connectivity index (χ1) is 12.0. The van der Waals surface area contributed by atoms with Gasteiger partial charge < -0.3 is 20.1 Å². The average Bonchev–Trinajstić information content (AvgIpc) is 2.61. The Morgan fingerprint density at radius 2 is 1.72 bits per heavy atom. The summed E-state index contributed by atoms with van der Waals surface area (Å²) in [7, 11) is 0. The van der Waals surface area contributed by atoms with Gasteiger partial charge >= 0.3 is 0 Å². The highest BCUT2D eigenvalue weighted by molar-refractivity contribution is 6.04. The van der Waals surface area contributed by atoms with Gasteiger partial charge in [0.15, 0.2) is 11.5 Å². The molecule has 130 valence electrons. The Balaban J connectivity index is 1.73. The third kappa shape index (κ3) is 3.91. The van der Waals surface area contributed by atoms with Crippen molar-refractivity contribution in [1.29, 1.82) is 0 Å². The number of carbonyl (C=O) groups is 2. The lowest BCUT2D eigenvalue weighted by atomic mass is 10.1. The zero-order valence-corrected chi connectivity index (χ0v) is 14.1. The fourth-order valence-corrected chi connectivity index (χ4v) is 2.49. The molecule has 1 aliphatic heterocycles. The lowest BCUT2D eigenvalue weighted by Gasteiger charge is -2.25. The predicted octanol–water partition coefficient (Wildman–Crippen LogP) is 2.60. The van der Waals surface area contributed by atoms with E-state index in [2.05, 4.69) is 10.6 Å². The lowest BCUT2D eigenvalue weighted by molar-refractivity contribution is -0.125. The highest BCUT2D eigenvalue weighted by Gasteiger charge is 2.28. The molecule has 25 heavy (non-hydrogen) atoms. The van der Waals surface area contributed by atoms with E-state index in [1.54, 1.807) is 36.4 Å². The maximum absolute atomic E-state index is 12.5. The van der Waals surface area contributed by atoms with Crippen LogP contribution in [0.1, 0.15) is 24.2 Å². The SMILES string of the molecule is CC(C)NC(=O)c1ccccc1NC(=O)[C@H]1COc2ccccc2O1. The Bertz CT molecular complexity index is 788. The van der Waals surface area contributed by atoms with Crippen molar-refractivity contribution < 1.29 is 19.1 Å². The van der Waals surface area contributed by atoms with E-state index in [-0.39, 0.29) is 24.5 Å². The number of fused-ring (bicyclic) bond motifs is 1. The van der Waals surface area contributed by atoms with Gasteiger partial charge in [-0.1, -0.05) is 24.3 Å². The van der Waals surface area contributed by atoms with Crippen molar-refractivity contribution in [3.8, 4) is 11.5 Å². The zero-order valence-electron chi connectivity index (χ0n) is 14.1. The van der Waals surface area contributed by atoms with Crippen molar-refractivity contribution in [1.82, 2.24) is 5.32 Å². The molecule has 2 N–H and O–H groups in total. The number of anilines is 1. The molecule has 6 heteroatoms. The number of rotatable bonds is 4. The van der Waals surface area contributed by atoms with Crippen LogP contribution < -0.4 is 20.1 Å². The Morgan fingerprint density at radius 1 is 1.04 bits per heavy atom. The van der Waals surface area contributed by atoms with Crippen LogP contribution in [0.2, 0.25) is 0 Å². The number of para-hydroxylation sites is 3. The maximum Gasteiger partial charge on any atom is 0.269 e. The van der Waals surface area contributed by atoms with Gasteiger partial charge in [-0.05, 0) is 38.1 Å². The summed E-state index contributed by atoms with van der Waals surface area (Å²) in [6.45, 7) is 3.87. The molecular formula is C19H20N2O4. The van der Waals surface area contributed by atoms with E-state index in [1.807, 2.05) is 26.0 Å². The number of ether oxygens (including phenoxy) is 2. The van der Waals surface area contributed by atoms with E-state index >= 15 is 0 Å². The fraction of sp³-hybridized carbons (Fsp3) is 0.263. The molecule has 0 spiro atoms.